The number of benzene rings is 1. The lowest BCUT2D eigenvalue weighted by atomic mass is 10.0. The standard InChI is InChI=1S/C17H14BrCl2N3O2S/c18-11-2-1-10(14(19)8-11)7-13-15(22-26(24,25)12-3-4-12)9-23-6-5-21-17(23)16(13)20/h1-2,5-6,8-9,12,22H,3-4,7H2. The van der Waals surface area contributed by atoms with Crippen molar-refractivity contribution >= 4 is 60.5 Å². The number of nitrogens with zero attached hydrogens (tertiary/aromatic N) is 2. The lowest BCUT2D eigenvalue weighted by Crippen LogP contribution is -2.19. The van der Waals surface area contributed by atoms with E-state index in [1.807, 2.05) is 12.1 Å². The molecule has 1 aliphatic carbocycles. The Labute approximate surface area is 169 Å². The quantitative estimate of drug-likeness (QED) is 0.572. The third kappa shape index (κ3) is 3.45. The van der Waals surface area contributed by atoms with Crippen LogP contribution in [0.5, 0.6) is 0 Å². The first-order valence-corrected chi connectivity index (χ1v) is 11.0. The van der Waals surface area contributed by atoms with Gasteiger partial charge in [-0.25, -0.2) is 13.4 Å². The molecule has 1 saturated carbocycles. The van der Waals surface area contributed by atoms with Crippen molar-refractivity contribution in [2.24, 2.45) is 0 Å². The molecule has 0 spiro atoms. The molecule has 0 atom stereocenters. The number of hydrogen-bond donors (Lipinski definition) is 1. The van der Waals surface area contributed by atoms with E-state index in [1.54, 1.807) is 29.1 Å². The van der Waals surface area contributed by atoms with Crippen LogP contribution in [-0.2, 0) is 16.4 Å². The Hall–Kier alpha value is -1.28. The molecule has 2 aromatic heterocycles. The zero-order valence-corrected chi connectivity index (χ0v) is 17.3. The summed E-state index contributed by atoms with van der Waals surface area (Å²) >= 11 is 16.3. The number of aromatic nitrogens is 2. The summed E-state index contributed by atoms with van der Waals surface area (Å²) in [5.41, 5.74) is 2.52. The normalized spacial score (nSPS) is 14.7. The van der Waals surface area contributed by atoms with E-state index < -0.39 is 10.0 Å². The van der Waals surface area contributed by atoms with Gasteiger partial charge in [0.2, 0.25) is 10.0 Å². The first-order valence-electron chi connectivity index (χ1n) is 7.95. The molecule has 0 saturated heterocycles. The summed E-state index contributed by atoms with van der Waals surface area (Å²) in [6.07, 6.45) is 6.81. The van der Waals surface area contributed by atoms with Crippen molar-refractivity contribution in [3.63, 3.8) is 0 Å². The minimum Gasteiger partial charge on any atom is -0.304 e. The summed E-state index contributed by atoms with van der Waals surface area (Å²) in [7, 11) is -3.42. The van der Waals surface area contributed by atoms with Gasteiger partial charge in [0, 0.05) is 40.1 Å². The number of fused-ring (bicyclic) bond motifs is 1. The van der Waals surface area contributed by atoms with Gasteiger partial charge in [0.1, 0.15) is 0 Å². The molecule has 4 rings (SSSR count). The summed E-state index contributed by atoms with van der Waals surface area (Å²) in [4.78, 5) is 4.26. The van der Waals surface area contributed by atoms with Crippen LogP contribution in [0.3, 0.4) is 0 Å². The van der Waals surface area contributed by atoms with Gasteiger partial charge in [-0.2, -0.15) is 0 Å². The predicted octanol–water partition coefficient (Wildman–Crippen LogP) is 4.90. The average molecular weight is 475 g/mol. The number of rotatable bonds is 5. The van der Waals surface area contributed by atoms with Crippen molar-refractivity contribution in [1.82, 2.24) is 9.38 Å². The highest BCUT2D eigenvalue weighted by atomic mass is 79.9. The van der Waals surface area contributed by atoms with E-state index >= 15 is 0 Å². The summed E-state index contributed by atoms with van der Waals surface area (Å²) in [6, 6.07) is 5.57. The maximum absolute atomic E-state index is 12.5. The van der Waals surface area contributed by atoms with Crippen LogP contribution in [0.25, 0.3) is 5.65 Å². The van der Waals surface area contributed by atoms with E-state index in [0.717, 1.165) is 10.0 Å². The van der Waals surface area contributed by atoms with Gasteiger partial charge >= 0.3 is 0 Å². The van der Waals surface area contributed by atoms with E-state index in [9.17, 15) is 8.42 Å². The molecule has 5 nitrogen and oxygen atoms in total. The third-order valence-corrected chi connectivity index (χ3v) is 7.42. The summed E-state index contributed by atoms with van der Waals surface area (Å²) in [5, 5.41) is 0.656. The Kier molecular flexibility index (Phi) is 4.67. The Bertz CT molecular complexity index is 1110. The highest BCUT2D eigenvalue weighted by Crippen LogP contribution is 2.36. The minimum atomic E-state index is -3.42. The summed E-state index contributed by atoms with van der Waals surface area (Å²) in [5.74, 6) is 0. The number of nitrogens with one attached hydrogen (secondary N) is 1. The number of anilines is 1. The molecular formula is C17H14BrCl2N3O2S. The van der Waals surface area contributed by atoms with Crippen LogP contribution in [0.4, 0.5) is 5.69 Å². The molecule has 1 aromatic carbocycles. The fraction of sp³-hybridized carbons (Fsp3) is 0.235. The Morgan fingerprint density at radius 2 is 2.08 bits per heavy atom. The molecule has 0 aliphatic heterocycles. The van der Waals surface area contributed by atoms with Crippen molar-refractivity contribution in [1.29, 1.82) is 0 Å². The largest absolute Gasteiger partial charge is 0.304 e. The Balaban J connectivity index is 1.82. The van der Waals surface area contributed by atoms with Gasteiger partial charge in [-0.3, -0.25) is 4.72 Å². The second kappa shape index (κ2) is 6.71. The molecular weight excluding hydrogens is 461 g/mol. The number of sulfonamides is 1. The van der Waals surface area contributed by atoms with Gasteiger partial charge in [0.25, 0.3) is 0 Å². The monoisotopic (exact) mass is 473 g/mol. The van der Waals surface area contributed by atoms with E-state index in [4.69, 9.17) is 23.2 Å². The zero-order valence-electron chi connectivity index (χ0n) is 13.4. The van der Waals surface area contributed by atoms with Crippen molar-refractivity contribution in [3.05, 3.63) is 62.4 Å². The molecule has 1 N–H and O–H groups in total. The molecule has 136 valence electrons. The fourth-order valence-corrected chi connectivity index (χ4v) is 5.25. The molecule has 0 unspecified atom stereocenters. The lowest BCUT2D eigenvalue weighted by Gasteiger charge is -2.16. The summed E-state index contributed by atoms with van der Waals surface area (Å²) < 4.78 is 30.2. The molecule has 0 bridgehead atoms. The third-order valence-electron chi connectivity index (χ3n) is 4.32. The highest BCUT2D eigenvalue weighted by Gasteiger charge is 2.36. The topological polar surface area (TPSA) is 63.5 Å². The van der Waals surface area contributed by atoms with Gasteiger partial charge in [-0.1, -0.05) is 45.2 Å². The molecule has 26 heavy (non-hydrogen) atoms. The Morgan fingerprint density at radius 1 is 1.31 bits per heavy atom. The Morgan fingerprint density at radius 3 is 2.77 bits per heavy atom. The first kappa shape index (κ1) is 18.1. The van der Waals surface area contributed by atoms with Crippen LogP contribution >= 0.6 is 39.1 Å². The smallest absolute Gasteiger partial charge is 0.235 e. The maximum Gasteiger partial charge on any atom is 0.235 e. The highest BCUT2D eigenvalue weighted by molar-refractivity contribution is 9.10. The number of hydrogen-bond acceptors (Lipinski definition) is 3. The molecule has 1 aliphatic rings. The second-order valence-corrected chi connectivity index (χ2v) is 9.91. The van der Waals surface area contributed by atoms with Crippen LogP contribution in [0, 0.1) is 0 Å². The van der Waals surface area contributed by atoms with Crippen LogP contribution < -0.4 is 4.72 Å². The summed E-state index contributed by atoms with van der Waals surface area (Å²) in [6.45, 7) is 0. The van der Waals surface area contributed by atoms with Gasteiger partial charge in [0.05, 0.1) is 16.0 Å². The molecule has 2 heterocycles. The molecule has 0 radical (unpaired) electrons. The number of imidazole rings is 1. The van der Waals surface area contributed by atoms with Crippen molar-refractivity contribution in [2.45, 2.75) is 24.5 Å². The predicted molar refractivity (Wildman–Crippen MR) is 108 cm³/mol. The average Bonchev–Trinajstić information content (AvgIpc) is 3.33. The van der Waals surface area contributed by atoms with Gasteiger partial charge in [0.15, 0.2) is 5.65 Å². The SMILES string of the molecule is O=S(=O)(Nc1cn2ccnc2c(Cl)c1Cc1ccc(Br)cc1Cl)C1CC1. The van der Waals surface area contributed by atoms with Crippen LogP contribution in [-0.4, -0.2) is 23.1 Å². The minimum absolute atomic E-state index is 0.330. The fourth-order valence-electron chi connectivity index (χ4n) is 2.79. The maximum atomic E-state index is 12.5. The lowest BCUT2D eigenvalue weighted by molar-refractivity contribution is 0.600. The van der Waals surface area contributed by atoms with Crippen molar-refractivity contribution < 1.29 is 8.42 Å². The molecule has 1 fully saturated rings. The van der Waals surface area contributed by atoms with E-state index in [0.29, 0.717) is 46.2 Å². The number of halogens is 3. The van der Waals surface area contributed by atoms with Gasteiger partial charge in [-0.15, -0.1) is 0 Å². The first-order chi connectivity index (χ1) is 12.3. The molecule has 9 heteroatoms. The zero-order chi connectivity index (χ0) is 18.5. The van der Waals surface area contributed by atoms with E-state index in [-0.39, 0.29) is 5.25 Å². The second-order valence-electron chi connectivity index (χ2n) is 6.25. The number of pyridine rings is 1. The van der Waals surface area contributed by atoms with Crippen LogP contribution in [0.15, 0.2) is 41.3 Å². The van der Waals surface area contributed by atoms with Crippen molar-refractivity contribution in [3.8, 4) is 0 Å². The van der Waals surface area contributed by atoms with Crippen LogP contribution in [0.2, 0.25) is 10.0 Å². The van der Waals surface area contributed by atoms with Gasteiger partial charge in [-0.05, 0) is 30.5 Å². The molecule has 3 aromatic rings. The molecule has 0 amide bonds. The van der Waals surface area contributed by atoms with Crippen molar-refractivity contribution in [2.75, 3.05) is 4.72 Å². The van der Waals surface area contributed by atoms with E-state index in [1.165, 1.54) is 0 Å². The van der Waals surface area contributed by atoms with E-state index in [2.05, 4.69) is 25.6 Å². The van der Waals surface area contributed by atoms with Gasteiger partial charge < -0.3 is 4.40 Å². The van der Waals surface area contributed by atoms with Crippen LogP contribution in [0.1, 0.15) is 24.0 Å².